The highest BCUT2D eigenvalue weighted by atomic mass is 16.7. The fourth-order valence-corrected chi connectivity index (χ4v) is 2.57. The van der Waals surface area contributed by atoms with Crippen LogP contribution in [0.15, 0.2) is 34.9 Å². The van der Waals surface area contributed by atoms with Gasteiger partial charge in [0.15, 0.2) is 6.54 Å². The van der Waals surface area contributed by atoms with Gasteiger partial charge < -0.3 is 9.26 Å². The highest BCUT2D eigenvalue weighted by Crippen LogP contribution is 2.28. The second-order valence-corrected chi connectivity index (χ2v) is 5.51. The third-order valence-corrected chi connectivity index (χ3v) is 3.95. The Kier molecular flexibility index (Phi) is 4.67. The summed E-state index contributed by atoms with van der Waals surface area (Å²) in [6.45, 7) is 0.925. The first kappa shape index (κ1) is 16.9. The number of morpholine rings is 1. The summed E-state index contributed by atoms with van der Waals surface area (Å²) >= 11 is 0. The van der Waals surface area contributed by atoms with Crippen LogP contribution in [0, 0.1) is 20.2 Å². The van der Waals surface area contributed by atoms with E-state index in [1.807, 2.05) is 0 Å². The summed E-state index contributed by atoms with van der Waals surface area (Å²) in [7, 11) is 0. The first-order valence-corrected chi connectivity index (χ1v) is 7.53. The Hall–Kier alpha value is -2.92. The fourth-order valence-electron chi connectivity index (χ4n) is 2.57. The van der Waals surface area contributed by atoms with Gasteiger partial charge in [0.25, 0.3) is 0 Å². The molecule has 132 valence electrons. The number of nitrogens with zero attached hydrogens (tertiary/aromatic N) is 5. The molecule has 0 N–H and O–H groups in total. The lowest BCUT2D eigenvalue weighted by Crippen LogP contribution is -2.54. The molecule has 2 heterocycles. The van der Waals surface area contributed by atoms with Gasteiger partial charge in [0.1, 0.15) is 9.85 Å². The number of benzene rings is 1. The van der Waals surface area contributed by atoms with Crippen molar-refractivity contribution in [2.45, 2.75) is 5.66 Å². The zero-order valence-corrected chi connectivity index (χ0v) is 13.1. The predicted octanol–water partition coefficient (Wildman–Crippen LogP) is 0.775. The summed E-state index contributed by atoms with van der Waals surface area (Å²) in [5.74, 6) is -0.585. The Bertz CT molecular complexity index is 744. The Morgan fingerprint density at radius 3 is 2.36 bits per heavy atom. The first-order valence-electron chi connectivity index (χ1n) is 7.53. The minimum atomic E-state index is -2.72. The van der Waals surface area contributed by atoms with Crippen molar-refractivity contribution in [3.8, 4) is 11.4 Å². The second kappa shape index (κ2) is 6.91. The van der Waals surface area contributed by atoms with Gasteiger partial charge >= 0.3 is 11.6 Å². The molecule has 11 heteroatoms. The molecule has 25 heavy (non-hydrogen) atoms. The number of nitro groups is 2. The van der Waals surface area contributed by atoms with Gasteiger partial charge in [-0.15, -0.1) is 0 Å². The molecule has 1 saturated heterocycles. The van der Waals surface area contributed by atoms with E-state index in [0.29, 0.717) is 31.9 Å². The van der Waals surface area contributed by atoms with Crippen molar-refractivity contribution < 1.29 is 19.1 Å². The first-order chi connectivity index (χ1) is 12.0. The molecule has 0 unspecified atom stereocenters. The number of hydrogen-bond donors (Lipinski definition) is 0. The van der Waals surface area contributed by atoms with Crippen molar-refractivity contribution in [2.24, 2.45) is 0 Å². The Balaban J connectivity index is 1.98. The number of hydrogen-bond acceptors (Lipinski definition) is 9. The highest BCUT2D eigenvalue weighted by molar-refractivity contribution is 5.53. The van der Waals surface area contributed by atoms with E-state index in [1.54, 1.807) is 35.2 Å². The van der Waals surface area contributed by atoms with Crippen LogP contribution in [0.5, 0.6) is 0 Å². The van der Waals surface area contributed by atoms with Crippen LogP contribution in [0.4, 0.5) is 0 Å². The third kappa shape index (κ3) is 3.19. The van der Waals surface area contributed by atoms with Crippen LogP contribution in [0.3, 0.4) is 0 Å². The SMILES string of the molecule is O=[N+]([O-])C(CN1CCOCC1)(c1nc(-c2ccccc2)no1)[N+](=O)[O-]. The molecule has 1 aliphatic heterocycles. The van der Waals surface area contributed by atoms with Gasteiger partial charge in [-0.25, -0.2) is 0 Å². The molecule has 11 nitrogen and oxygen atoms in total. The number of aromatic nitrogens is 2. The van der Waals surface area contributed by atoms with Crippen molar-refractivity contribution in [1.29, 1.82) is 0 Å². The lowest BCUT2D eigenvalue weighted by molar-refractivity contribution is -0.813. The van der Waals surface area contributed by atoms with Crippen molar-refractivity contribution in [3.63, 3.8) is 0 Å². The van der Waals surface area contributed by atoms with Crippen molar-refractivity contribution in [2.75, 3.05) is 32.8 Å². The van der Waals surface area contributed by atoms with Crippen LogP contribution in [0.2, 0.25) is 0 Å². The minimum absolute atomic E-state index is 0.0608. The zero-order chi connectivity index (χ0) is 17.9. The average Bonchev–Trinajstić information content (AvgIpc) is 3.11. The van der Waals surface area contributed by atoms with E-state index in [-0.39, 0.29) is 5.82 Å². The molecule has 0 amide bonds. The van der Waals surface area contributed by atoms with Crippen molar-refractivity contribution in [3.05, 3.63) is 56.5 Å². The van der Waals surface area contributed by atoms with Crippen LogP contribution in [0.25, 0.3) is 11.4 Å². The molecule has 0 spiro atoms. The maximum absolute atomic E-state index is 11.7. The zero-order valence-electron chi connectivity index (χ0n) is 13.1. The summed E-state index contributed by atoms with van der Waals surface area (Å²) in [5.41, 5.74) is -2.18. The van der Waals surface area contributed by atoms with E-state index in [0.717, 1.165) is 0 Å². The standard InChI is InChI=1S/C14H15N5O6/c20-18(21)14(19(22)23,10-17-6-8-24-9-7-17)13-15-12(16-25-13)11-4-2-1-3-5-11/h1-5H,6-10H2. The van der Waals surface area contributed by atoms with Gasteiger partial charge in [-0.1, -0.05) is 35.5 Å². The van der Waals surface area contributed by atoms with E-state index in [9.17, 15) is 20.2 Å². The summed E-state index contributed by atoms with van der Waals surface area (Å²) in [4.78, 5) is 26.9. The van der Waals surface area contributed by atoms with Gasteiger partial charge in [-0.2, -0.15) is 4.98 Å². The van der Waals surface area contributed by atoms with Crippen molar-refractivity contribution in [1.82, 2.24) is 15.0 Å². The third-order valence-electron chi connectivity index (χ3n) is 3.95. The lowest BCUT2D eigenvalue weighted by atomic mass is 10.1. The molecule has 0 atom stereocenters. The monoisotopic (exact) mass is 349 g/mol. The number of rotatable bonds is 6. The Morgan fingerprint density at radius 1 is 1.12 bits per heavy atom. The molecular formula is C14H15N5O6. The van der Waals surface area contributed by atoms with E-state index in [2.05, 4.69) is 10.1 Å². The largest absolute Gasteiger partial charge is 0.547 e. The van der Waals surface area contributed by atoms with Crippen LogP contribution < -0.4 is 0 Å². The lowest BCUT2D eigenvalue weighted by Gasteiger charge is -2.27. The molecule has 1 aliphatic rings. The second-order valence-electron chi connectivity index (χ2n) is 5.51. The molecular weight excluding hydrogens is 334 g/mol. The predicted molar refractivity (Wildman–Crippen MR) is 82.7 cm³/mol. The Labute approximate surface area is 141 Å². The fraction of sp³-hybridized carbons (Fsp3) is 0.429. The normalized spacial score (nSPS) is 15.8. The summed E-state index contributed by atoms with van der Waals surface area (Å²) in [5, 5.41) is 27.0. The van der Waals surface area contributed by atoms with E-state index in [4.69, 9.17) is 9.26 Å². The van der Waals surface area contributed by atoms with Gasteiger partial charge in [0.2, 0.25) is 5.82 Å². The molecule has 3 rings (SSSR count). The van der Waals surface area contributed by atoms with E-state index in [1.165, 1.54) is 0 Å². The van der Waals surface area contributed by atoms with Crippen LogP contribution in [-0.2, 0) is 10.4 Å². The molecule has 0 aliphatic carbocycles. The molecule has 0 radical (unpaired) electrons. The molecule has 1 aromatic heterocycles. The molecule has 1 aromatic carbocycles. The van der Waals surface area contributed by atoms with Gasteiger partial charge in [0, 0.05) is 18.7 Å². The smallest absolute Gasteiger partial charge is 0.379 e. The molecule has 0 bridgehead atoms. The molecule has 0 saturated carbocycles. The molecule has 2 aromatic rings. The van der Waals surface area contributed by atoms with Gasteiger partial charge in [-0.3, -0.25) is 25.1 Å². The van der Waals surface area contributed by atoms with Crippen LogP contribution in [-0.4, -0.2) is 57.7 Å². The minimum Gasteiger partial charge on any atom is -0.379 e. The molecule has 1 fully saturated rings. The maximum atomic E-state index is 11.7. The average molecular weight is 349 g/mol. The van der Waals surface area contributed by atoms with E-state index >= 15 is 0 Å². The highest BCUT2D eigenvalue weighted by Gasteiger charge is 2.64. The summed E-state index contributed by atoms with van der Waals surface area (Å²) < 4.78 is 10.1. The van der Waals surface area contributed by atoms with Crippen LogP contribution >= 0.6 is 0 Å². The quantitative estimate of drug-likeness (QED) is 0.420. The van der Waals surface area contributed by atoms with Gasteiger partial charge in [-0.05, 0) is 0 Å². The summed E-state index contributed by atoms with van der Waals surface area (Å²) in [6, 6.07) is 8.59. The topological polar surface area (TPSA) is 138 Å². The number of ether oxygens (including phenoxy) is 1. The maximum Gasteiger partial charge on any atom is 0.547 e. The Morgan fingerprint density at radius 2 is 1.76 bits per heavy atom. The van der Waals surface area contributed by atoms with Crippen LogP contribution in [0.1, 0.15) is 5.89 Å². The van der Waals surface area contributed by atoms with Gasteiger partial charge in [0.05, 0.1) is 13.2 Å². The van der Waals surface area contributed by atoms with E-state index < -0.39 is 27.9 Å². The van der Waals surface area contributed by atoms with Crippen molar-refractivity contribution >= 4 is 0 Å². The summed E-state index contributed by atoms with van der Waals surface area (Å²) in [6.07, 6.45) is 0.